The molecule has 4 nitrogen and oxygen atoms in total. The lowest BCUT2D eigenvalue weighted by molar-refractivity contribution is 0.136. The molecule has 0 saturated heterocycles. The van der Waals surface area contributed by atoms with Gasteiger partial charge in [0.15, 0.2) is 0 Å². The number of hydrogen-bond acceptors (Lipinski definition) is 3. The van der Waals surface area contributed by atoms with E-state index in [9.17, 15) is 0 Å². The molecule has 0 bridgehead atoms. The number of ether oxygens (including phenoxy) is 1. The standard InChI is InChI=1S/C9H16ClN3O/c1-3-5-14-6-4-8-11-12-9(7-10)13(8)2/h3-7H2,1-2H3. The Morgan fingerprint density at radius 2 is 2.00 bits per heavy atom. The Balaban J connectivity index is 2.39. The largest absolute Gasteiger partial charge is 0.381 e. The van der Waals surface area contributed by atoms with Crippen LogP contribution in [0, 0.1) is 0 Å². The van der Waals surface area contributed by atoms with Gasteiger partial charge < -0.3 is 9.30 Å². The van der Waals surface area contributed by atoms with E-state index < -0.39 is 0 Å². The van der Waals surface area contributed by atoms with Crippen molar-refractivity contribution in [1.82, 2.24) is 14.8 Å². The van der Waals surface area contributed by atoms with Crippen molar-refractivity contribution >= 4 is 11.6 Å². The quantitative estimate of drug-likeness (QED) is 0.536. The molecule has 1 aromatic heterocycles. The molecule has 14 heavy (non-hydrogen) atoms. The van der Waals surface area contributed by atoms with Crippen LogP contribution in [-0.2, 0) is 24.1 Å². The summed E-state index contributed by atoms with van der Waals surface area (Å²) in [5.74, 6) is 2.13. The monoisotopic (exact) mass is 217 g/mol. The van der Waals surface area contributed by atoms with Crippen LogP contribution in [0.2, 0.25) is 0 Å². The number of hydrogen-bond donors (Lipinski definition) is 0. The molecule has 0 aliphatic rings. The van der Waals surface area contributed by atoms with Gasteiger partial charge in [0.25, 0.3) is 0 Å². The van der Waals surface area contributed by atoms with Gasteiger partial charge in [-0.15, -0.1) is 21.8 Å². The zero-order chi connectivity index (χ0) is 10.4. The second-order valence-electron chi connectivity index (χ2n) is 3.09. The van der Waals surface area contributed by atoms with E-state index >= 15 is 0 Å². The highest BCUT2D eigenvalue weighted by Gasteiger charge is 2.06. The SMILES string of the molecule is CCCOCCc1nnc(CCl)n1C. The van der Waals surface area contributed by atoms with Gasteiger partial charge in [0.05, 0.1) is 12.5 Å². The Kier molecular flexibility index (Phi) is 4.90. The molecule has 0 spiro atoms. The fourth-order valence-corrected chi connectivity index (χ4v) is 1.38. The minimum absolute atomic E-state index is 0.402. The van der Waals surface area contributed by atoms with Gasteiger partial charge in [0, 0.05) is 20.1 Å². The van der Waals surface area contributed by atoms with Crippen molar-refractivity contribution < 1.29 is 4.74 Å². The van der Waals surface area contributed by atoms with Crippen molar-refractivity contribution in [3.8, 4) is 0 Å². The highest BCUT2D eigenvalue weighted by molar-refractivity contribution is 6.16. The van der Waals surface area contributed by atoms with E-state index in [-0.39, 0.29) is 0 Å². The molecule has 0 saturated carbocycles. The minimum Gasteiger partial charge on any atom is -0.381 e. The molecular formula is C9H16ClN3O. The predicted octanol–water partition coefficient (Wildman–Crippen LogP) is 1.52. The van der Waals surface area contributed by atoms with Gasteiger partial charge in [-0.25, -0.2) is 0 Å². The first-order valence-electron chi connectivity index (χ1n) is 4.80. The van der Waals surface area contributed by atoms with Crippen molar-refractivity contribution in [2.45, 2.75) is 25.6 Å². The Morgan fingerprint density at radius 3 is 2.57 bits per heavy atom. The molecule has 1 rings (SSSR count). The van der Waals surface area contributed by atoms with E-state index in [1.165, 1.54) is 0 Å². The summed E-state index contributed by atoms with van der Waals surface area (Å²) in [5.41, 5.74) is 0. The number of nitrogens with zero attached hydrogens (tertiary/aromatic N) is 3. The summed E-state index contributed by atoms with van der Waals surface area (Å²) in [6.07, 6.45) is 1.84. The second-order valence-corrected chi connectivity index (χ2v) is 3.35. The van der Waals surface area contributed by atoms with Crippen LogP contribution in [-0.4, -0.2) is 28.0 Å². The molecular weight excluding hydrogens is 202 g/mol. The van der Waals surface area contributed by atoms with Crippen LogP contribution in [0.15, 0.2) is 0 Å². The average molecular weight is 218 g/mol. The molecule has 0 N–H and O–H groups in total. The van der Waals surface area contributed by atoms with E-state index in [2.05, 4.69) is 17.1 Å². The summed E-state index contributed by atoms with van der Waals surface area (Å²) in [6.45, 7) is 3.59. The maximum atomic E-state index is 5.67. The normalized spacial score (nSPS) is 10.8. The van der Waals surface area contributed by atoms with Crippen molar-refractivity contribution in [3.63, 3.8) is 0 Å². The lowest BCUT2D eigenvalue weighted by atomic mass is 10.4. The summed E-state index contributed by atoms with van der Waals surface area (Å²) >= 11 is 5.67. The third kappa shape index (κ3) is 2.96. The summed E-state index contributed by atoms with van der Waals surface area (Å²) in [4.78, 5) is 0. The molecule has 80 valence electrons. The summed E-state index contributed by atoms with van der Waals surface area (Å²) < 4.78 is 7.29. The van der Waals surface area contributed by atoms with Crippen LogP contribution >= 0.6 is 11.6 Å². The van der Waals surface area contributed by atoms with E-state index in [4.69, 9.17) is 16.3 Å². The first-order valence-corrected chi connectivity index (χ1v) is 5.33. The van der Waals surface area contributed by atoms with Gasteiger partial charge in [-0.3, -0.25) is 0 Å². The number of halogens is 1. The molecule has 0 atom stereocenters. The molecule has 0 unspecified atom stereocenters. The van der Waals surface area contributed by atoms with Crippen molar-refractivity contribution in [3.05, 3.63) is 11.6 Å². The van der Waals surface area contributed by atoms with Crippen LogP contribution in [0.3, 0.4) is 0 Å². The van der Waals surface area contributed by atoms with Crippen molar-refractivity contribution in [1.29, 1.82) is 0 Å². The third-order valence-electron chi connectivity index (χ3n) is 1.99. The van der Waals surface area contributed by atoms with Gasteiger partial charge in [0.2, 0.25) is 0 Å². The lowest BCUT2D eigenvalue weighted by Crippen LogP contribution is -2.06. The maximum absolute atomic E-state index is 5.67. The highest BCUT2D eigenvalue weighted by atomic mass is 35.5. The van der Waals surface area contributed by atoms with Gasteiger partial charge in [-0.1, -0.05) is 6.92 Å². The summed E-state index contributed by atoms with van der Waals surface area (Å²) in [5, 5.41) is 7.99. The van der Waals surface area contributed by atoms with E-state index in [1.54, 1.807) is 0 Å². The number of rotatable bonds is 6. The Morgan fingerprint density at radius 1 is 1.29 bits per heavy atom. The maximum Gasteiger partial charge on any atom is 0.147 e. The molecule has 0 aromatic carbocycles. The fourth-order valence-electron chi connectivity index (χ4n) is 1.14. The van der Waals surface area contributed by atoms with Crippen LogP contribution in [0.4, 0.5) is 0 Å². The van der Waals surface area contributed by atoms with Crippen LogP contribution < -0.4 is 0 Å². The van der Waals surface area contributed by atoms with Gasteiger partial charge in [0.1, 0.15) is 11.6 Å². The molecule has 0 fully saturated rings. The molecule has 0 aliphatic heterocycles. The van der Waals surface area contributed by atoms with E-state index in [1.807, 2.05) is 11.6 Å². The zero-order valence-electron chi connectivity index (χ0n) is 8.66. The Bertz CT molecular complexity index is 275. The Labute approximate surface area is 89.2 Å². The summed E-state index contributed by atoms with van der Waals surface area (Å²) in [7, 11) is 1.92. The van der Waals surface area contributed by atoms with Crippen molar-refractivity contribution in [2.75, 3.05) is 13.2 Å². The Hall–Kier alpha value is -0.610. The minimum atomic E-state index is 0.402. The van der Waals surface area contributed by atoms with E-state index in [0.29, 0.717) is 12.5 Å². The fraction of sp³-hybridized carbons (Fsp3) is 0.778. The van der Waals surface area contributed by atoms with Gasteiger partial charge in [-0.05, 0) is 6.42 Å². The molecule has 0 aliphatic carbocycles. The molecule has 1 aromatic rings. The molecule has 5 heteroatoms. The average Bonchev–Trinajstić information content (AvgIpc) is 2.55. The molecule has 1 heterocycles. The highest BCUT2D eigenvalue weighted by Crippen LogP contribution is 2.03. The van der Waals surface area contributed by atoms with Gasteiger partial charge >= 0.3 is 0 Å². The second kappa shape index (κ2) is 5.98. The first kappa shape index (κ1) is 11.5. The van der Waals surface area contributed by atoms with Crippen LogP contribution in [0.5, 0.6) is 0 Å². The zero-order valence-corrected chi connectivity index (χ0v) is 9.42. The smallest absolute Gasteiger partial charge is 0.147 e. The van der Waals surface area contributed by atoms with Crippen LogP contribution in [0.1, 0.15) is 25.0 Å². The van der Waals surface area contributed by atoms with E-state index in [0.717, 1.165) is 31.1 Å². The topological polar surface area (TPSA) is 39.9 Å². The predicted molar refractivity (Wildman–Crippen MR) is 55.4 cm³/mol. The molecule has 0 radical (unpaired) electrons. The first-order chi connectivity index (χ1) is 6.79. The van der Waals surface area contributed by atoms with Crippen LogP contribution in [0.25, 0.3) is 0 Å². The van der Waals surface area contributed by atoms with Crippen molar-refractivity contribution in [2.24, 2.45) is 7.05 Å². The molecule has 0 amide bonds. The number of alkyl halides is 1. The summed E-state index contributed by atoms with van der Waals surface area (Å²) in [6, 6.07) is 0. The lowest BCUT2D eigenvalue weighted by Gasteiger charge is -2.02. The third-order valence-corrected chi connectivity index (χ3v) is 2.23. The number of aromatic nitrogens is 3. The van der Waals surface area contributed by atoms with Gasteiger partial charge in [-0.2, -0.15) is 0 Å².